The molecule has 0 saturated carbocycles. The van der Waals surface area contributed by atoms with Gasteiger partial charge in [-0.25, -0.2) is 4.68 Å². The van der Waals surface area contributed by atoms with Crippen molar-refractivity contribution in [3.63, 3.8) is 0 Å². The molecule has 102 valence electrons. The molecule has 0 amide bonds. The molecule has 0 aliphatic carbocycles. The first-order valence-corrected chi connectivity index (χ1v) is 7.04. The van der Waals surface area contributed by atoms with E-state index in [1.165, 1.54) is 5.56 Å². The summed E-state index contributed by atoms with van der Waals surface area (Å²) in [6.45, 7) is 2.13. The summed E-state index contributed by atoms with van der Waals surface area (Å²) in [4.78, 5) is 11.7. The summed E-state index contributed by atoms with van der Waals surface area (Å²) in [6, 6.07) is 18.1. The molecule has 0 N–H and O–H groups in total. The van der Waals surface area contributed by atoms with Crippen LogP contribution in [0.2, 0.25) is 0 Å². The lowest BCUT2D eigenvalue weighted by Gasteiger charge is -2.05. The smallest absolute Gasteiger partial charge is 0.154 e. The minimum atomic E-state index is 0.186. The summed E-state index contributed by atoms with van der Waals surface area (Å²) in [7, 11) is 0. The van der Waals surface area contributed by atoms with Crippen molar-refractivity contribution < 1.29 is 4.79 Å². The molecule has 1 atom stereocenters. The van der Waals surface area contributed by atoms with Crippen molar-refractivity contribution in [2.75, 3.05) is 0 Å². The summed E-state index contributed by atoms with van der Waals surface area (Å²) >= 11 is 0. The molecular formula is C18H14N2O. The van der Waals surface area contributed by atoms with Gasteiger partial charge in [0.1, 0.15) is 5.69 Å². The molecule has 2 aromatic carbocycles. The highest BCUT2D eigenvalue weighted by Gasteiger charge is 2.31. The molecule has 1 aliphatic heterocycles. The maximum absolute atomic E-state index is 11.7. The monoisotopic (exact) mass is 274 g/mol. The Labute approximate surface area is 122 Å². The fraction of sp³-hybridized carbons (Fsp3) is 0.111. The van der Waals surface area contributed by atoms with Crippen molar-refractivity contribution in [1.29, 1.82) is 0 Å². The zero-order valence-electron chi connectivity index (χ0n) is 11.7. The van der Waals surface area contributed by atoms with E-state index in [9.17, 15) is 4.79 Å². The molecule has 21 heavy (non-hydrogen) atoms. The highest BCUT2D eigenvalue weighted by atomic mass is 16.1. The number of rotatable bonds is 2. The number of aromatic nitrogens is 2. The molecule has 1 unspecified atom stereocenters. The molecule has 1 aliphatic rings. The van der Waals surface area contributed by atoms with Gasteiger partial charge in [0.05, 0.1) is 16.9 Å². The second-order valence-electron chi connectivity index (χ2n) is 5.32. The van der Waals surface area contributed by atoms with E-state index in [0.29, 0.717) is 5.56 Å². The van der Waals surface area contributed by atoms with E-state index >= 15 is 0 Å². The third-order valence-electron chi connectivity index (χ3n) is 4.17. The van der Waals surface area contributed by atoms with Crippen LogP contribution in [-0.4, -0.2) is 16.1 Å². The fourth-order valence-corrected chi connectivity index (χ4v) is 3.16. The average Bonchev–Trinajstić information content (AvgIpc) is 3.05. The van der Waals surface area contributed by atoms with E-state index in [1.807, 2.05) is 47.1 Å². The zero-order chi connectivity index (χ0) is 14.4. The molecule has 0 radical (unpaired) electrons. The summed E-state index contributed by atoms with van der Waals surface area (Å²) in [5.74, 6) is 0.186. The Morgan fingerprint density at radius 3 is 2.52 bits per heavy atom. The molecule has 0 fully saturated rings. The normalized spacial score (nSPS) is 15.6. The van der Waals surface area contributed by atoms with Gasteiger partial charge >= 0.3 is 0 Å². The van der Waals surface area contributed by atoms with Crippen molar-refractivity contribution in [2.45, 2.75) is 12.8 Å². The molecule has 3 nitrogen and oxygen atoms in total. The number of fused-ring (bicyclic) bond motifs is 3. The van der Waals surface area contributed by atoms with Crippen LogP contribution in [0.1, 0.15) is 34.5 Å². The Kier molecular flexibility index (Phi) is 2.54. The second kappa shape index (κ2) is 4.42. The molecule has 2 heterocycles. The van der Waals surface area contributed by atoms with Gasteiger partial charge in [-0.1, -0.05) is 55.5 Å². The Morgan fingerprint density at radius 2 is 1.76 bits per heavy atom. The number of nitrogens with zero attached hydrogens (tertiary/aromatic N) is 2. The fourth-order valence-electron chi connectivity index (χ4n) is 3.16. The van der Waals surface area contributed by atoms with Gasteiger partial charge in [0.25, 0.3) is 0 Å². The van der Waals surface area contributed by atoms with Crippen LogP contribution in [0.3, 0.4) is 0 Å². The summed E-state index contributed by atoms with van der Waals surface area (Å²) < 4.78 is 1.92. The van der Waals surface area contributed by atoms with Gasteiger partial charge in [-0.05, 0) is 11.6 Å². The Hall–Kier alpha value is -2.68. The minimum Gasteiger partial charge on any atom is -0.298 e. The molecular weight excluding hydrogens is 260 g/mol. The quantitative estimate of drug-likeness (QED) is 0.666. The van der Waals surface area contributed by atoms with Gasteiger partial charge in [-0.3, -0.25) is 4.79 Å². The largest absolute Gasteiger partial charge is 0.298 e. The highest BCUT2D eigenvalue weighted by molar-refractivity contribution is 5.89. The predicted octanol–water partition coefficient (Wildman–Crippen LogP) is 3.82. The summed E-state index contributed by atoms with van der Waals surface area (Å²) in [6.07, 6.45) is 0.934. The van der Waals surface area contributed by atoms with E-state index in [2.05, 4.69) is 19.1 Å². The van der Waals surface area contributed by atoms with Crippen molar-refractivity contribution in [2.24, 2.45) is 0 Å². The van der Waals surface area contributed by atoms with Crippen molar-refractivity contribution in [3.8, 4) is 16.9 Å². The number of hydrogen-bond acceptors (Lipinski definition) is 2. The number of para-hydroxylation sites is 1. The van der Waals surface area contributed by atoms with Crippen molar-refractivity contribution in [1.82, 2.24) is 9.78 Å². The van der Waals surface area contributed by atoms with E-state index in [-0.39, 0.29) is 5.92 Å². The van der Waals surface area contributed by atoms with Crippen LogP contribution < -0.4 is 0 Å². The van der Waals surface area contributed by atoms with Crippen LogP contribution in [0.25, 0.3) is 16.9 Å². The lowest BCUT2D eigenvalue weighted by atomic mass is 9.95. The van der Waals surface area contributed by atoms with Gasteiger partial charge < -0.3 is 0 Å². The van der Waals surface area contributed by atoms with Crippen LogP contribution >= 0.6 is 0 Å². The molecule has 3 heteroatoms. The molecule has 0 saturated heterocycles. The van der Waals surface area contributed by atoms with Crippen LogP contribution in [0.15, 0.2) is 54.6 Å². The molecule has 0 bridgehead atoms. The van der Waals surface area contributed by atoms with Crippen LogP contribution in [0.5, 0.6) is 0 Å². The van der Waals surface area contributed by atoms with E-state index in [1.54, 1.807) is 0 Å². The van der Waals surface area contributed by atoms with Crippen molar-refractivity contribution in [3.05, 3.63) is 71.4 Å². The third-order valence-corrected chi connectivity index (χ3v) is 4.17. The van der Waals surface area contributed by atoms with Gasteiger partial charge in [0.2, 0.25) is 0 Å². The SMILES string of the molecule is CC1c2ccccc2-n2nc(-c3ccccc3)c(C=O)c21. The number of benzene rings is 2. The molecule has 1 aromatic heterocycles. The zero-order valence-corrected chi connectivity index (χ0v) is 11.7. The topological polar surface area (TPSA) is 34.9 Å². The summed E-state index contributed by atoms with van der Waals surface area (Å²) in [5.41, 5.74) is 5.73. The lowest BCUT2D eigenvalue weighted by molar-refractivity contribution is 0.112. The van der Waals surface area contributed by atoms with E-state index in [0.717, 1.165) is 28.9 Å². The Bertz CT molecular complexity index is 834. The first kappa shape index (κ1) is 12.1. The Morgan fingerprint density at radius 1 is 1.05 bits per heavy atom. The first-order valence-electron chi connectivity index (χ1n) is 7.04. The lowest BCUT2D eigenvalue weighted by Crippen LogP contribution is -1.96. The highest BCUT2D eigenvalue weighted by Crippen LogP contribution is 2.41. The summed E-state index contributed by atoms with van der Waals surface area (Å²) in [5, 5.41) is 4.71. The number of hydrogen-bond donors (Lipinski definition) is 0. The Balaban J connectivity index is 2.01. The maximum atomic E-state index is 11.7. The average molecular weight is 274 g/mol. The molecule has 0 spiro atoms. The third kappa shape index (κ3) is 1.61. The number of carbonyl (C=O) groups is 1. The molecule has 3 aromatic rings. The maximum Gasteiger partial charge on any atom is 0.154 e. The molecule has 4 rings (SSSR count). The van der Waals surface area contributed by atoms with Gasteiger partial charge in [-0.15, -0.1) is 0 Å². The van der Waals surface area contributed by atoms with E-state index in [4.69, 9.17) is 5.10 Å². The number of carbonyl (C=O) groups excluding carboxylic acids is 1. The van der Waals surface area contributed by atoms with Gasteiger partial charge in [-0.2, -0.15) is 5.10 Å². The second-order valence-corrected chi connectivity index (χ2v) is 5.32. The van der Waals surface area contributed by atoms with Gasteiger partial charge in [0.15, 0.2) is 6.29 Å². The van der Waals surface area contributed by atoms with Crippen LogP contribution in [-0.2, 0) is 0 Å². The first-order chi connectivity index (χ1) is 10.3. The van der Waals surface area contributed by atoms with E-state index < -0.39 is 0 Å². The standard InChI is InChI=1S/C18H14N2O/c1-12-14-9-5-6-10-16(14)20-18(12)15(11-21)17(19-20)13-7-3-2-4-8-13/h2-12H,1H3. The van der Waals surface area contributed by atoms with Crippen LogP contribution in [0.4, 0.5) is 0 Å². The van der Waals surface area contributed by atoms with Gasteiger partial charge in [0, 0.05) is 11.5 Å². The number of aldehydes is 1. The predicted molar refractivity (Wildman–Crippen MR) is 81.9 cm³/mol. The minimum absolute atomic E-state index is 0.186. The van der Waals surface area contributed by atoms with Crippen molar-refractivity contribution >= 4 is 6.29 Å². The van der Waals surface area contributed by atoms with Crippen LogP contribution in [0, 0.1) is 0 Å².